The highest BCUT2D eigenvalue weighted by atomic mass is 32.1. The molecule has 1 aliphatic rings. The number of ether oxygens (including phenoxy) is 2. The van der Waals surface area contributed by atoms with Gasteiger partial charge >= 0.3 is 0 Å². The third-order valence-corrected chi connectivity index (χ3v) is 5.77. The van der Waals surface area contributed by atoms with E-state index in [1.807, 2.05) is 22.4 Å². The molecule has 1 aromatic carbocycles. The average molecular weight is 375 g/mol. The smallest absolute Gasteiger partial charge is 0.222 e. The monoisotopic (exact) mass is 375 g/mol. The van der Waals surface area contributed by atoms with Crippen LogP contribution in [-0.2, 0) is 16.8 Å². The van der Waals surface area contributed by atoms with E-state index in [9.17, 15) is 9.90 Å². The van der Waals surface area contributed by atoms with Gasteiger partial charge in [-0.25, -0.2) is 0 Å². The van der Waals surface area contributed by atoms with Crippen molar-refractivity contribution in [1.82, 2.24) is 4.90 Å². The first-order valence-corrected chi connectivity index (χ1v) is 9.73. The number of methoxy groups -OCH3 is 2. The van der Waals surface area contributed by atoms with E-state index < -0.39 is 5.60 Å². The summed E-state index contributed by atoms with van der Waals surface area (Å²) in [5.41, 5.74) is 1.02. The van der Waals surface area contributed by atoms with E-state index in [1.54, 1.807) is 31.6 Å². The number of hydrogen-bond acceptors (Lipinski definition) is 5. The van der Waals surface area contributed by atoms with Crippen molar-refractivity contribution in [2.24, 2.45) is 0 Å². The summed E-state index contributed by atoms with van der Waals surface area (Å²) >= 11 is 1.65. The maximum absolute atomic E-state index is 12.4. The van der Waals surface area contributed by atoms with Gasteiger partial charge in [-0.15, -0.1) is 0 Å². The van der Waals surface area contributed by atoms with Gasteiger partial charge in [-0.05, 0) is 59.3 Å². The number of carbonyl (C=O) groups excluding carboxylic acids is 1. The first kappa shape index (κ1) is 18.7. The highest BCUT2D eigenvalue weighted by molar-refractivity contribution is 7.07. The normalized spacial score (nSPS) is 16.3. The molecule has 0 spiro atoms. The van der Waals surface area contributed by atoms with Gasteiger partial charge in [0.15, 0.2) is 0 Å². The first-order valence-electron chi connectivity index (χ1n) is 8.79. The van der Waals surface area contributed by atoms with Crippen molar-refractivity contribution in [3.8, 4) is 11.5 Å². The third kappa shape index (κ3) is 4.19. The zero-order chi connectivity index (χ0) is 18.6. The Morgan fingerprint density at radius 2 is 1.85 bits per heavy atom. The maximum atomic E-state index is 12.4. The van der Waals surface area contributed by atoms with Crippen molar-refractivity contribution in [2.75, 3.05) is 27.3 Å². The van der Waals surface area contributed by atoms with Crippen LogP contribution in [0, 0.1) is 0 Å². The van der Waals surface area contributed by atoms with E-state index in [4.69, 9.17) is 9.47 Å². The summed E-state index contributed by atoms with van der Waals surface area (Å²) in [6.45, 7) is 1.11. The van der Waals surface area contributed by atoms with Crippen molar-refractivity contribution in [1.29, 1.82) is 0 Å². The molecule has 1 aromatic heterocycles. The van der Waals surface area contributed by atoms with E-state index in [2.05, 4.69) is 11.4 Å². The van der Waals surface area contributed by atoms with Crippen molar-refractivity contribution in [3.05, 3.63) is 46.2 Å². The lowest BCUT2D eigenvalue weighted by Gasteiger charge is -2.38. The lowest BCUT2D eigenvalue weighted by molar-refractivity contribution is -0.135. The Kier molecular flexibility index (Phi) is 5.84. The molecule has 3 rings (SSSR count). The second kappa shape index (κ2) is 8.10. The zero-order valence-electron chi connectivity index (χ0n) is 15.2. The second-order valence-electron chi connectivity index (χ2n) is 6.65. The number of likely N-dealkylation sites (tertiary alicyclic amines) is 1. The minimum Gasteiger partial charge on any atom is -0.497 e. The van der Waals surface area contributed by atoms with E-state index in [1.165, 1.54) is 5.56 Å². The van der Waals surface area contributed by atoms with Crippen LogP contribution < -0.4 is 9.47 Å². The fourth-order valence-electron chi connectivity index (χ4n) is 3.34. The predicted octanol–water partition coefficient (Wildman–Crippen LogP) is 3.21. The maximum Gasteiger partial charge on any atom is 0.222 e. The minimum absolute atomic E-state index is 0.154. The van der Waals surface area contributed by atoms with Crippen molar-refractivity contribution < 1.29 is 19.4 Å². The van der Waals surface area contributed by atoms with Crippen LogP contribution in [-0.4, -0.2) is 43.2 Å². The molecule has 0 aliphatic carbocycles. The SMILES string of the molecule is COc1cc(OC)cc(C2(O)CCN(C(=O)CCc3ccsc3)CC2)c1. The van der Waals surface area contributed by atoms with Crippen molar-refractivity contribution in [2.45, 2.75) is 31.3 Å². The van der Waals surface area contributed by atoms with Crippen LogP contribution >= 0.6 is 11.3 Å². The average Bonchev–Trinajstić information content (AvgIpc) is 3.19. The van der Waals surface area contributed by atoms with Crippen LogP contribution in [0.2, 0.25) is 0 Å². The van der Waals surface area contributed by atoms with Gasteiger partial charge in [0.05, 0.1) is 19.8 Å². The topological polar surface area (TPSA) is 59.0 Å². The van der Waals surface area contributed by atoms with Crippen molar-refractivity contribution >= 4 is 17.2 Å². The van der Waals surface area contributed by atoms with Crippen LogP contribution in [0.15, 0.2) is 35.0 Å². The quantitative estimate of drug-likeness (QED) is 0.842. The lowest BCUT2D eigenvalue weighted by Crippen LogP contribution is -2.45. The summed E-state index contributed by atoms with van der Waals surface area (Å²) < 4.78 is 10.6. The van der Waals surface area contributed by atoms with Gasteiger partial charge in [0.25, 0.3) is 0 Å². The van der Waals surface area contributed by atoms with Gasteiger partial charge in [-0.2, -0.15) is 11.3 Å². The molecular formula is C20H25NO4S. The predicted molar refractivity (Wildman–Crippen MR) is 102 cm³/mol. The Bertz CT molecular complexity index is 714. The molecule has 0 atom stereocenters. The molecule has 1 saturated heterocycles. The van der Waals surface area contributed by atoms with Gasteiger partial charge < -0.3 is 19.5 Å². The number of aryl methyl sites for hydroxylation is 1. The Morgan fingerprint density at radius 1 is 1.19 bits per heavy atom. The van der Waals surface area contributed by atoms with Crippen LogP contribution in [0.5, 0.6) is 11.5 Å². The lowest BCUT2D eigenvalue weighted by atomic mass is 9.84. The number of rotatable bonds is 6. The molecule has 26 heavy (non-hydrogen) atoms. The molecular weight excluding hydrogens is 350 g/mol. The largest absolute Gasteiger partial charge is 0.497 e. The van der Waals surface area contributed by atoms with Gasteiger partial charge in [0, 0.05) is 25.6 Å². The van der Waals surface area contributed by atoms with Gasteiger partial charge in [-0.3, -0.25) is 4.79 Å². The number of benzene rings is 1. The number of carbonyl (C=O) groups is 1. The molecule has 1 amide bonds. The molecule has 0 radical (unpaired) electrons. The van der Waals surface area contributed by atoms with Gasteiger partial charge in [0.2, 0.25) is 5.91 Å². The number of aliphatic hydroxyl groups is 1. The van der Waals surface area contributed by atoms with Crippen LogP contribution in [0.4, 0.5) is 0 Å². The first-order chi connectivity index (χ1) is 12.5. The van der Waals surface area contributed by atoms with E-state index in [0.29, 0.717) is 43.9 Å². The highest BCUT2D eigenvalue weighted by Crippen LogP contribution is 2.37. The van der Waals surface area contributed by atoms with E-state index >= 15 is 0 Å². The van der Waals surface area contributed by atoms with Crippen LogP contribution in [0.3, 0.4) is 0 Å². The fourth-order valence-corrected chi connectivity index (χ4v) is 4.04. The molecule has 0 unspecified atom stereocenters. The summed E-state index contributed by atoms with van der Waals surface area (Å²) in [5.74, 6) is 1.46. The molecule has 5 nitrogen and oxygen atoms in total. The standard InChI is InChI=1S/C20H25NO4S/c1-24-17-11-16(12-18(13-17)25-2)20(23)6-8-21(9-7-20)19(22)4-3-15-5-10-26-14-15/h5,10-14,23H,3-4,6-9H2,1-2H3. The molecule has 140 valence electrons. The summed E-state index contributed by atoms with van der Waals surface area (Å²) in [4.78, 5) is 14.3. The minimum atomic E-state index is -0.966. The zero-order valence-corrected chi connectivity index (χ0v) is 16.1. The molecule has 2 aromatic rings. The number of piperidine rings is 1. The molecule has 0 saturated carbocycles. The Balaban J connectivity index is 1.62. The number of thiophene rings is 1. The summed E-state index contributed by atoms with van der Waals surface area (Å²) in [5, 5.41) is 15.2. The van der Waals surface area contributed by atoms with Crippen molar-refractivity contribution in [3.63, 3.8) is 0 Å². The highest BCUT2D eigenvalue weighted by Gasteiger charge is 2.36. The van der Waals surface area contributed by atoms with Gasteiger partial charge in [-0.1, -0.05) is 0 Å². The van der Waals surface area contributed by atoms with Gasteiger partial charge in [0.1, 0.15) is 11.5 Å². The molecule has 1 fully saturated rings. The Labute approximate surface area is 158 Å². The van der Waals surface area contributed by atoms with Crippen LogP contribution in [0.25, 0.3) is 0 Å². The summed E-state index contributed by atoms with van der Waals surface area (Å²) in [6.07, 6.45) is 2.30. The molecule has 2 heterocycles. The number of nitrogens with zero attached hydrogens (tertiary/aromatic N) is 1. The van der Waals surface area contributed by atoms with Crippen LogP contribution in [0.1, 0.15) is 30.4 Å². The Morgan fingerprint density at radius 3 is 2.38 bits per heavy atom. The second-order valence-corrected chi connectivity index (χ2v) is 7.43. The van der Waals surface area contributed by atoms with E-state index in [-0.39, 0.29) is 5.91 Å². The molecule has 0 bridgehead atoms. The number of amides is 1. The molecule has 1 aliphatic heterocycles. The Hall–Kier alpha value is -2.05. The number of hydrogen-bond donors (Lipinski definition) is 1. The summed E-state index contributed by atoms with van der Waals surface area (Å²) in [7, 11) is 3.19. The molecule has 1 N–H and O–H groups in total. The van der Waals surface area contributed by atoms with E-state index in [0.717, 1.165) is 12.0 Å². The fraction of sp³-hybridized carbons (Fsp3) is 0.450. The molecule has 6 heteroatoms. The summed E-state index contributed by atoms with van der Waals surface area (Å²) in [6, 6.07) is 7.53. The third-order valence-electron chi connectivity index (χ3n) is 5.04.